The van der Waals surface area contributed by atoms with E-state index in [9.17, 15) is 4.79 Å². The van der Waals surface area contributed by atoms with E-state index < -0.39 is 0 Å². The maximum Gasteiger partial charge on any atom is 0.251 e. The lowest BCUT2D eigenvalue weighted by Gasteiger charge is -2.13. The van der Waals surface area contributed by atoms with Crippen LogP contribution in [0.25, 0.3) is 0 Å². The largest absolute Gasteiger partial charge is 0.350 e. The van der Waals surface area contributed by atoms with Gasteiger partial charge >= 0.3 is 0 Å². The number of thioether (sulfide) groups is 1. The zero-order valence-corrected chi connectivity index (χ0v) is 13.7. The number of carbonyl (C=O) groups excluding carboxylic acids is 1. The SMILES string of the molecule is CCSCCC(C)NC(=O)c1ccc(Cl)c(Br)c1. The van der Waals surface area contributed by atoms with Gasteiger partial charge in [-0.3, -0.25) is 4.79 Å². The summed E-state index contributed by atoms with van der Waals surface area (Å²) in [4.78, 5) is 12.0. The summed E-state index contributed by atoms with van der Waals surface area (Å²) in [6.07, 6.45) is 0.985. The van der Waals surface area contributed by atoms with Crippen LogP contribution in [0.5, 0.6) is 0 Å². The first-order chi connectivity index (χ1) is 8.54. The Hall–Kier alpha value is -0.190. The van der Waals surface area contributed by atoms with Crippen LogP contribution in [-0.2, 0) is 0 Å². The van der Waals surface area contributed by atoms with Gasteiger partial charge in [0.15, 0.2) is 0 Å². The van der Waals surface area contributed by atoms with E-state index in [-0.39, 0.29) is 11.9 Å². The molecule has 1 aromatic carbocycles. The van der Waals surface area contributed by atoms with Gasteiger partial charge in [0.1, 0.15) is 0 Å². The number of rotatable bonds is 6. The van der Waals surface area contributed by atoms with Crippen molar-refractivity contribution < 1.29 is 4.79 Å². The summed E-state index contributed by atoms with van der Waals surface area (Å²) in [6, 6.07) is 5.38. The van der Waals surface area contributed by atoms with Gasteiger partial charge in [-0.05, 0) is 59.0 Å². The quantitative estimate of drug-likeness (QED) is 0.772. The van der Waals surface area contributed by atoms with Gasteiger partial charge in [-0.2, -0.15) is 11.8 Å². The number of hydrogen-bond acceptors (Lipinski definition) is 2. The van der Waals surface area contributed by atoms with E-state index in [1.54, 1.807) is 18.2 Å². The van der Waals surface area contributed by atoms with Gasteiger partial charge in [0.05, 0.1) is 5.02 Å². The molecular formula is C13H17BrClNOS. The Morgan fingerprint density at radius 1 is 1.56 bits per heavy atom. The lowest BCUT2D eigenvalue weighted by atomic mass is 10.2. The fraction of sp³-hybridized carbons (Fsp3) is 0.462. The number of halogens is 2. The highest BCUT2D eigenvalue weighted by atomic mass is 79.9. The predicted octanol–water partition coefficient (Wildman–Crippen LogP) is 4.36. The van der Waals surface area contributed by atoms with Gasteiger partial charge in [-0.15, -0.1) is 0 Å². The van der Waals surface area contributed by atoms with Crippen molar-refractivity contribution in [1.82, 2.24) is 5.32 Å². The van der Waals surface area contributed by atoms with Crippen LogP contribution in [0.15, 0.2) is 22.7 Å². The molecule has 0 saturated heterocycles. The van der Waals surface area contributed by atoms with E-state index >= 15 is 0 Å². The predicted molar refractivity (Wildman–Crippen MR) is 83.7 cm³/mol. The van der Waals surface area contributed by atoms with Crippen molar-refractivity contribution in [3.63, 3.8) is 0 Å². The minimum absolute atomic E-state index is 0.0543. The molecule has 1 atom stereocenters. The van der Waals surface area contributed by atoms with Gasteiger partial charge in [-0.1, -0.05) is 18.5 Å². The minimum Gasteiger partial charge on any atom is -0.350 e. The zero-order valence-electron chi connectivity index (χ0n) is 10.5. The molecule has 0 radical (unpaired) electrons. The fourth-order valence-corrected chi connectivity index (χ4v) is 2.73. The number of amides is 1. The van der Waals surface area contributed by atoms with Gasteiger partial charge in [-0.25, -0.2) is 0 Å². The molecule has 2 nitrogen and oxygen atoms in total. The Labute approximate surface area is 126 Å². The third-order valence-corrected chi connectivity index (χ3v) is 4.61. The maximum atomic E-state index is 12.0. The summed E-state index contributed by atoms with van der Waals surface area (Å²) in [7, 11) is 0. The fourth-order valence-electron chi connectivity index (χ4n) is 1.42. The molecule has 1 unspecified atom stereocenters. The van der Waals surface area contributed by atoms with Crippen molar-refractivity contribution in [1.29, 1.82) is 0 Å². The molecule has 1 amide bonds. The summed E-state index contributed by atoms with van der Waals surface area (Å²) in [5, 5.41) is 3.60. The summed E-state index contributed by atoms with van der Waals surface area (Å²) >= 11 is 11.1. The molecule has 0 bridgehead atoms. The molecule has 0 heterocycles. The van der Waals surface area contributed by atoms with Gasteiger partial charge in [0.25, 0.3) is 5.91 Å². The van der Waals surface area contributed by atoms with E-state index in [0.29, 0.717) is 10.6 Å². The molecular weight excluding hydrogens is 334 g/mol. The second-order valence-corrected chi connectivity index (χ2v) is 6.64. The Bertz CT molecular complexity index is 414. The van der Waals surface area contributed by atoms with Crippen LogP contribution in [0.2, 0.25) is 5.02 Å². The molecule has 0 spiro atoms. The highest BCUT2D eigenvalue weighted by Crippen LogP contribution is 2.23. The molecule has 18 heavy (non-hydrogen) atoms. The van der Waals surface area contributed by atoms with Crippen molar-refractivity contribution in [2.75, 3.05) is 11.5 Å². The maximum absolute atomic E-state index is 12.0. The second kappa shape index (κ2) is 8.08. The number of carbonyl (C=O) groups is 1. The molecule has 0 saturated carbocycles. The van der Waals surface area contributed by atoms with Crippen molar-refractivity contribution >= 4 is 45.2 Å². The monoisotopic (exact) mass is 349 g/mol. The first-order valence-electron chi connectivity index (χ1n) is 5.88. The second-order valence-electron chi connectivity index (χ2n) is 3.99. The van der Waals surface area contributed by atoms with Crippen LogP contribution < -0.4 is 5.32 Å². The molecule has 100 valence electrons. The standard InChI is InChI=1S/C13H17BrClNOS/c1-3-18-7-6-9(2)16-13(17)10-4-5-12(15)11(14)8-10/h4-5,8-9H,3,6-7H2,1-2H3,(H,16,17). The van der Waals surface area contributed by atoms with Gasteiger partial charge in [0, 0.05) is 16.1 Å². The van der Waals surface area contributed by atoms with Crippen LogP contribution in [0.1, 0.15) is 30.6 Å². The average Bonchev–Trinajstić information content (AvgIpc) is 2.33. The molecule has 1 N–H and O–H groups in total. The van der Waals surface area contributed by atoms with E-state index in [4.69, 9.17) is 11.6 Å². The number of hydrogen-bond donors (Lipinski definition) is 1. The molecule has 1 aromatic rings. The molecule has 0 aliphatic rings. The highest BCUT2D eigenvalue weighted by molar-refractivity contribution is 9.10. The van der Waals surface area contributed by atoms with E-state index in [1.807, 2.05) is 18.7 Å². The Balaban J connectivity index is 2.51. The first-order valence-corrected chi connectivity index (χ1v) is 8.20. The number of benzene rings is 1. The molecule has 0 aliphatic heterocycles. The first kappa shape index (κ1) is 15.9. The Morgan fingerprint density at radius 3 is 2.89 bits per heavy atom. The molecule has 0 aliphatic carbocycles. The highest BCUT2D eigenvalue weighted by Gasteiger charge is 2.10. The van der Waals surface area contributed by atoms with Gasteiger partial charge < -0.3 is 5.32 Å². The van der Waals surface area contributed by atoms with Crippen molar-refractivity contribution in [2.45, 2.75) is 26.3 Å². The lowest BCUT2D eigenvalue weighted by Crippen LogP contribution is -2.32. The minimum atomic E-state index is -0.0543. The summed E-state index contributed by atoms with van der Waals surface area (Å²) in [5.41, 5.74) is 0.626. The van der Waals surface area contributed by atoms with Crippen molar-refractivity contribution in [2.24, 2.45) is 0 Å². The topological polar surface area (TPSA) is 29.1 Å². The average molecular weight is 351 g/mol. The van der Waals surface area contributed by atoms with Crippen LogP contribution in [0.4, 0.5) is 0 Å². The van der Waals surface area contributed by atoms with Crippen LogP contribution in [0, 0.1) is 0 Å². The normalized spacial score (nSPS) is 12.2. The number of nitrogens with one attached hydrogen (secondary N) is 1. The zero-order chi connectivity index (χ0) is 13.5. The van der Waals surface area contributed by atoms with Crippen LogP contribution in [-0.4, -0.2) is 23.5 Å². The van der Waals surface area contributed by atoms with E-state index in [0.717, 1.165) is 22.4 Å². The molecule has 1 rings (SSSR count). The summed E-state index contributed by atoms with van der Waals surface area (Å²) < 4.78 is 0.742. The third-order valence-electron chi connectivity index (χ3n) is 2.46. The van der Waals surface area contributed by atoms with Crippen molar-refractivity contribution in [3.05, 3.63) is 33.3 Å². The van der Waals surface area contributed by atoms with Gasteiger partial charge in [0.2, 0.25) is 0 Å². The van der Waals surface area contributed by atoms with Crippen LogP contribution >= 0.6 is 39.3 Å². The van der Waals surface area contributed by atoms with Crippen LogP contribution in [0.3, 0.4) is 0 Å². The van der Waals surface area contributed by atoms with Crippen molar-refractivity contribution in [3.8, 4) is 0 Å². The lowest BCUT2D eigenvalue weighted by molar-refractivity contribution is 0.0939. The third kappa shape index (κ3) is 5.21. The van der Waals surface area contributed by atoms with E-state index in [1.165, 1.54) is 0 Å². The van der Waals surface area contributed by atoms with E-state index in [2.05, 4.69) is 28.2 Å². The molecule has 0 fully saturated rings. The molecule has 0 aromatic heterocycles. The summed E-state index contributed by atoms with van der Waals surface area (Å²) in [6.45, 7) is 4.16. The Morgan fingerprint density at radius 2 is 2.28 bits per heavy atom. The molecule has 5 heteroatoms. The smallest absolute Gasteiger partial charge is 0.251 e. The Kier molecular flexibility index (Phi) is 7.12. The summed E-state index contributed by atoms with van der Waals surface area (Å²) in [5.74, 6) is 2.13.